The van der Waals surface area contributed by atoms with Crippen LogP contribution in [0.5, 0.6) is 0 Å². The van der Waals surface area contributed by atoms with Gasteiger partial charge in [-0.15, -0.1) is 0 Å². The van der Waals surface area contributed by atoms with E-state index in [2.05, 4.69) is 26.5 Å². The van der Waals surface area contributed by atoms with Gasteiger partial charge in [0.15, 0.2) is 0 Å². The minimum atomic E-state index is 0.276. The third-order valence-corrected chi connectivity index (χ3v) is 4.50. The Bertz CT molecular complexity index is 627. The van der Waals surface area contributed by atoms with Crippen LogP contribution in [0.15, 0.2) is 10.7 Å². The molecule has 0 saturated heterocycles. The van der Waals surface area contributed by atoms with Crippen molar-refractivity contribution in [3.8, 4) is 0 Å². The van der Waals surface area contributed by atoms with E-state index in [0.29, 0.717) is 6.61 Å². The number of aromatic nitrogens is 3. The average molecular weight is 304 g/mol. The van der Waals surface area contributed by atoms with Gasteiger partial charge in [0.05, 0.1) is 30.2 Å². The summed E-state index contributed by atoms with van der Waals surface area (Å²) in [5.74, 6) is 2.03. The molecule has 2 aromatic rings. The molecule has 22 heavy (non-hydrogen) atoms. The minimum absolute atomic E-state index is 0.276. The van der Waals surface area contributed by atoms with Crippen LogP contribution < -0.4 is 0 Å². The molecule has 0 aromatic carbocycles. The summed E-state index contributed by atoms with van der Waals surface area (Å²) in [6, 6.07) is 0.276. The van der Waals surface area contributed by atoms with Crippen molar-refractivity contribution >= 4 is 0 Å². The molecule has 1 aliphatic heterocycles. The van der Waals surface area contributed by atoms with Crippen LogP contribution >= 0.6 is 0 Å². The lowest BCUT2D eigenvalue weighted by Crippen LogP contribution is -2.37. The second kappa shape index (κ2) is 6.22. The third-order valence-electron chi connectivity index (χ3n) is 4.50. The fourth-order valence-corrected chi connectivity index (χ4v) is 3.07. The fourth-order valence-electron chi connectivity index (χ4n) is 3.07. The molecule has 0 bridgehead atoms. The summed E-state index contributed by atoms with van der Waals surface area (Å²) in [6.45, 7) is 12.4. The van der Waals surface area contributed by atoms with E-state index in [1.807, 2.05) is 27.0 Å². The quantitative estimate of drug-likeness (QED) is 0.850. The number of nitrogens with zero attached hydrogens (tertiary/aromatic N) is 4. The number of fused-ring (bicyclic) bond motifs is 1. The first-order chi connectivity index (χ1) is 10.6. The molecule has 0 unspecified atom stereocenters. The van der Waals surface area contributed by atoms with Gasteiger partial charge < -0.3 is 13.8 Å². The van der Waals surface area contributed by atoms with Crippen molar-refractivity contribution in [1.29, 1.82) is 0 Å². The molecule has 1 aliphatic rings. The molecule has 3 rings (SSSR count). The number of hydrogen-bond donors (Lipinski definition) is 0. The largest absolute Gasteiger partial charge is 0.375 e. The third kappa shape index (κ3) is 2.68. The van der Waals surface area contributed by atoms with Crippen LogP contribution in [0.4, 0.5) is 0 Å². The second-order valence-corrected chi connectivity index (χ2v) is 5.85. The maximum atomic E-state index is 5.53. The maximum Gasteiger partial charge on any atom is 0.138 e. The smallest absolute Gasteiger partial charge is 0.138 e. The minimum Gasteiger partial charge on any atom is -0.375 e. The Morgan fingerprint density at radius 2 is 2.18 bits per heavy atom. The molecule has 0 saturated carbocycles. The van der Waals surface area contributed by atoms with Gasteiger partial charge in [-0.3, -0.25) is 4.90 Å². The Morgan fingerprint density at radius 3 is 2.86 bits per heavy atom. The molecule has 0 radical (unpaired) electrons. The standard InChI is InChI=1S/C16H24N4O2/c1-5-21-10-14-8-17-16-12(3)19(6-7-20(14)16)9-15-11(2)18-22-13(15)4/h8,12H,5-7,9-10H2,1-4H3/t12-/m1/s1. The van der Waals surface area contributed by atoms with E-state index in [1.165, 1.54) is 11.3 Å². The van der Waals surface area contributed by atoms with Gasteiger partial charge in [0.2, 0.25) is 0 Å². The summed E-state index contributed by atoms with van der Waals surface area (Å²) in [5.41, 5.74) is 3.35. The molecule has 0 fully saturated rings. The summed E-state index contributed by atoms with van der Waals surface area (Å²) >= 11 is 0. The van der Waals surface area contributed by atoms with Crippen LogP contribution in [0.1, 0.15) is 48.4 Å². The Morgan fingerprint density at radius 1 is 1.36 bits per heavy atom. The SMILES string of the molecule is CCOCc1cnc2n1CCN(Cc1c(C)noc1C)[C@@H]2C. The zero-order valence-electron chi connectivity index (χ0n) is 13.8. The summed E-state index contributed by atoms with van der Waals surface area (Å²) in [6.07, 6.45) is 1.95. The van der Waals surface area contributed by atoms with Crippen molar-refractivity contribution in [2.45, 2.75) is 53.4 Å². The van der Waals surface area contributed by atoms with Crippen LogP contribution in [-0.2, 0) is 24.4 Å². The lowest BCUT2D eigenvalue weighted by atomic mass is 10.1. The highest BCUT2D eigenvalue weighted by Crippen LogP contribution is 2.28. The first-order valence-corrected chi connectivity index (χ1v) is 7.89. The van der Waals surface area contributed by atoms with Crippen molar-refractivity contribution in [2.75, 3.05) is 13.2 Å². The Kier molecular flexibility index (Phi) is 4.31. The lowest BCUT2D eigenvalue weighted by Gasteiger charge is -2.34. The van der Waals surface area contributed by atoms with Crippen molar-refractivity contribution in [1.82, 2.24) is 19.6 Å². The first kappa shape index (κ1) is 15.2. The molecule has 1 atom stereocenters. The fraction of sp³-hybridized carbons (Fsp3) is 0.625. The number of hydrogen-bond acceptors (Lipinski definition) is 5. The van der Waals surface area contributed by atoms with Gasteiger partial charge in [0.25, 0.3) is 0 Å². The molecule has 120 valence electrons. The summed E-state index contributed by atoms with van der Waals surface area (Å²) in [7, 11) is 0. The molecule has 0 aliphatic carbocycles. The summed E-state index contributed by atoms with van der Waals surface area (Å²) in [5, 5.41) is 4.05. The van der Waals surface area contributed by atoms with Gasteiger partial charge in [-0.1, -0.05) is 5.16 Å². The zero-order chi connectivity index (χ0) is 15.7. The number of ether oxygens (including phenoxy) is 1. The maximum absolute atomic E-state index is 5.53. The van der Waals surface area contributed by atoms with Crippen LogP contribution in [0, 0.1) is 13.8 Å². The van der Waals surface area contributed by atoms with E-state index in [9.17, 15) is 0 Å². The van der Waals surface area contributed by atoms with Crippen LogP contribution in [-0.4, -0.2) is 32.8 Å². The molecule has 0 amide bonds. The van der Waals surface area contributed by atoms with E-state index < -0.39 is 0 Å². The van der Waals surface area contributed by atoms with Gasteiger partial charge in [0.1, 0.15) is 11.6 Å². The molecule has 6 heteroatoms. The van der Waals surface area contributed by atoms with Crippen LogP contribution in [0.3, 0.4) is 0 Å². The van der Waals surface area contributed by atoms with E-state index in [-0.39, 0.29) is 6.04 Å². The van der Waals surface area contributed by atoms with Gasteiger partial charge in [-0.2, -0.15) is 0 Å². The van der Waals surface area contributed by atoms with Gasteiger partial charge >= 0.3 is 0 Å². The predicted molar refractivity (Wildman–Crippen MR) is 82.4 cm³/mol. The van der Waals surface area contributed by atoms with Gasteiger partial charge in [0, 0.05) is 31.8 Å². The second-order valence-electron chi connectivity index (χ2n) is 5.85. The van der Waals surface area contributed by atoms with E-state index in [4.69, 9.17) is 9.26 Å². The first-order valence-electron chi connectivity index (χ1n) is 7.89. The number of imidazole rings is 1. The van der Waals surface area contributed by atoms with E-state index >= 15 is 0 Å². The molecule has 6 nitrogen and oxygen atoms in total. The zero-order valence-corrected chi connectivity index (χ0v) is 13.8. The Balaban J connectivity index is 1.77. The molecule has 0 spiro atoms. The van der Waals surface area contributed by atoms with Gasteiger partial charge in [-0.25, -0.2) is 4.98 Å². The molecule has 3 heterocycles. The molecule has 2 aromatic heterocycles. The highest BCUT2D eigenvalue weighted by atomic mass is 16.5. The van der Waals surface area contributed by atoms with E-state index in [1.54, 1.807) is 0 Å². The Labute approximate surface area is 131 Å². The van der Waals surface area contributed by atoms with Crippen molar-refractivity contribution in [2.24, 2.45) is 0 Å². The highest BCUT2D eigenvalue weighted by molar-refractivity contribution is 5.21. The molecule has 0 N–H and O–H groups in total. The van der Waals surface area contributed by atoms with Crippen LogP contribution in [0.2, 0.25) is 0 Å². The molecular weight excluding hydrogens is 280 g/mol. The average Bonchev–Trinajstić information content (AvgIpc) is 3.06. The summed E-state index contributed by atoms with van der Waals surface area (Å²) < 4.78 is 13.1. The van der Waals surface area contributed by atoms with E-state index in [0.717, 1.165) is 43.5 Å². The normalized spacial score (nSPS) is 18.6. The summed E-state index contributed by atoms with van der Waals surface area (Å²) in [4.78, 5) is 7.05. The monoisotopic (exact) mass is 304 g/mol. The van der Waals surface area contributed by atoms with Crippen molar-refractivity contribution in [3.63, 3.8) is 0 Å². The van der Waals surface area contributed by atoms with Crippen LogP contribution in [0.25, 0.3) is 0 Å². The van der Waals surface area contributed by atoms with Crippen molar-refractivity contribution < 1.29 is 9.26 Å². The molecular formula is C16H24N4O2. The topological polar surface area (TPSA) is 56.3 Å². The Hall–Kier alpha value is -1.66. The predicted octanol–water partition coefficient (Wildman–Crippen LogP) is 2.60. The number of rotatable bonds is 5. The highest BCUT2D eigenvalue weighted by Gasteiger charge is 2.28. The lowest BCUT2D eigenvalue weighted by molar-refractivity contribution is 0.119. The van der Waals surface area contributed by atoms with Gasteiger partial charge in [-0.05, 0) is 27.7 Å². The number of aryl methyl sites for hydroxylation is 2. The van der Waals surface area contributed by atoms with Crippen molar-refractivity contribution in [3.05, 3.63) is 34.7 Å².